The van der Waals surface area contributed by atoms with Crippen molar-refractivity contribution in [3.63, 3.8) is 0 Å². The van der Waals surface area contributed by atoms with Crippen LogP contribution in [0.5, 0.6) is 0 Å². The molecule has 0 bridgehead atoms. The normalized spacial score (nSPS) is 12.1. The van der Waals surface area contributed by atoms with E-state index in [1.807, 2.05) is 0 Å². The smallest absolute Gasteiger partial charge is 0.129 e. The second-order valence-corrected chi connectivity index (χ2v) is 23.7. The zero-order chi connectivity index (χ0) is 54.6. The number of hydrogen-bond donors (Lipinski definition) is 0. The molecule has 0 unspecified atom stereocenters. The van der Waals surface area contributed by atoms with Gasteiger partial charge in [-0.3, -0.25) is 0 Å². The van der Waals surface area contributed by atoms with Gasteiger partial charge in [-0.25, -0.2) is 0 Å². The van der Waals surface area contributed by atoms with Gasteiger partial charge in [-0.2, -0.15) is 8.75 Å². The number of anilines is 3. The van der Waals surface area contributed by atoms with Crippen LogP contribution in [0.25, 0.3) is 71.9 Å². The van der Waals surface area contributed by atoms with Gasteiger partial charge in [-0.15, -0.1) is 0 Å². The minimum atomic E-state index is -0.515. The van der Waals surface area contributed by atoms with Crippen molar-refractivity contribution in [3.8, 4) is 39.1 Å². The van der Waals surface area contributed by atoms with Gasteiger partial charge in [0.25, 0.3) is 0 Å². The number of rotatable bonds is 11. The van der Waals surface area contributed by atoms with Crippen LogP contribution in [0, 0.1) is 0 Å². The molecule has 13 rings (SSSR count). The van der Waals surface area contributed by atoms with E-state index in [1.54, 1.807) is 0 Å². The lowest BCUT2D eigenvalue weighted by molar-refractivity contribution is 0.590. The Morgan fingerprint density at radius 2 is 0.713 bits per heavy atom. The molecule has 13 aromatic rings. The van der Waals surface area contributed by atoms with Crippen LogP contribution in [0.1, 0.15) is 74.9 Å². The second kappa shape index (κ2) is 20.3. The Hall–Kier alpha value is -9.16. The van der Waals surface area contributed by atoms with Crippen LogP contribution in [0.4, 0.5) is 17.1 Å². The van der Waals surface area contributed by atoms with E-state index in [1.165, 1.54) is 72.5 Å². The topological polar surface area (TPSA) is 34.0 Å². The Balaban J connectivity index is 0.872. The van der Waals surface area contributed by atoms with Gasteiger partial charge in [0.15, 0.2) is 0 Å². The number of hydrogen-bond acceptors (Lipinski definition) is 4. The first-order valence-corrected chi connectivity index (χ1v) is 28.4. The Morgan fingerprint density at radius 1 is 0.338 bits per heavy atom. The van der Waals surface area contributed by atoms with Crippen molar-refractivity contribution >= 4 is 61.6 Å². The predicted octanol–water partition coefficient (Wildman–Crippen LogP) is 20.2. The molecule has 4 nitrogen and oxygen atoms in total. The van der Waals surface area contributed by atoms with Crippen molar-refractivity contribution in [2.45, 2.75) is 57.8 Å². The van der Waals surface area contributed by atoms with E-state index in [9.17, 15) is 0 Å². The molecule has 0 amide bonds. The summed E-state index contributed by atoms with van der Waals surface area (Å²) in [4.78, 5) is 2.32. The highest BCUT2D eigenvalue weighted by atomic mass is 32.1. The predicted molar refractivity (Wildman–Crippen MR) is 338 cm³/mol. The molecular weight excluding hydrogens is 989 g/mol. The van der Waals surface area contributed by atoms with E-state index in [0.29, 0.717) is 0 Å². The largest absolute Gasteiger partial charge is 0.309 e. The van der Waals surface area contributed by atoms with E-state index in [-0.39, 0.29) is 10.8 Å². The average molecular weight is 1050 g/mol. The molecule has 0 radical (unpaired) electrons. The summed E-state index contributed by atoms with van der Waals surface area (Å²) in [5.74, 6) is 0. The van der Waals surface area contributed by atoms with Crippen LogP contribution in [-0.2, 0) is 16.2 Å². The Morgan fingerprint density at radius 3 is 1.16 bits per heavy atom. The van der Waals surface area contributed by atoms with Crippen molar-refractivity contribution in [3.05, 3.63) is 300 Å². The van der Waals surface area contributed by atoms with Gasteiger partial charge in [0.1, 0.15) is 11.0 Å². The molecule has 0 atom stereocenters. The number of aromatic nitrogens is 3. The minimum absolute atomic E-state index is 0.0329. The standard InChI is InChI=1S/C75H62N4S/c1-73(2,3)60-37-46-68-66(49-60)67-50-61(74(4,5)6)38-47-69(67)79(68)64-43-33-55(34-44-64)65-45-48-70(72-71(65)76-80-77-72)78(62-39-29-53(30-40-62)51-19-11-7-12-20-51)63-41-31-54(32-42-63)52-27-35-59(36-28-52)75(56-21-13-8-14-22-56,57-23-15-9-16-24-57)58-25-17-10-18-26-58/h7-50H,1-6H3. The third-order valence-corrected chi connectivity index (χ3v) is 16.7. The average Bonchev–Trinajstić information content (AvgIpc) is 4.26. The van der Waals surface area contributed by atoms with Crippen LogP contribution in [0.3, 0.4) is 0 Å². The highest BCUT2D eigenvalue weighted by Crippen LogP contribution is 2.47. The molecule has 388 valence electrons. The SMILES string of the molecule is CC(C)(C)c1ccc2c(c1)c1cc(C(C)(C)C)ccc1n2-c1ccc(-c2ccc(N(c3ccc(-c4ccccc4)cc3)c3ccc(-c4ccc(C(c5ccccc5)(c5ccccc5)c5ccccc5)cc4)cc3)c3nsnc23)cc1. The Labute approximate surface area is 474 Å². The van der Waals surface area contributed by atoms with E-state index >= 15 is 0 Å². The summed E-state index contributed by atoms with van der Waals surface area (Å²) < 4.78 is 12.5. The van der Waals surface area contributed by atoms with Crippen LogP contribution in [-0.4, -0.2) is 13.3 Å². The molecule has 0 fully saturated rings. The lowest BCUT2D eigenvalue weighted by Gasteiger charge is -2.37. The molecule has 2 heterocycles. The molecule has 0 spiro atoms. The molecular formula is C75H62N4S. The molecule has 2 aromatic heterocycles. The summed E-state index contributed by atoms with van der Waals surface area (Å²) in [7, 11) is 0. The fraction of sp³-hybridized carbons (Fsp3) is 0.120. The van der Waals surface area contributed by atoms with Crippen LogP contribution < -0.4 is 4.90 Å². The molecule has 80 heavy (non-hydrogen) atoms. The van der Waals surface area contributed by atoms with Gasteiger partial charge in [0.2, 0.25) is 0 Å². The van der Waals surface area contributed by atoms with E-state index in [4.69, 9.17) is 8.75 Å². The van der Waals surface area contributed by atoms with Gasteiger partial charge in [0.05, 0.1) is 33.9 Å². The molecule has 5 heteroatoms. The highest BCUT2D eigenvalue weighted by molar-refractivity contribution is 7.00. The Bertz CT molecular complexity index is 4140. The summed E-state index contributed by atoms with van der Waals surface area (Å²) in [6, 6.07) is 97.7. The van der Waals surface area contributed by atoms with Crippen LogP contribution >= 0.6 is 11.7 Å². The van der Waals surface area contributed by atoms with Crippen molar-refractivity contribution in [1.82, 2.24) is 13.3 Å². The molecule has 0 aliphatic carbocycles. The number of nitrogens with zero attached hydrogens (tertiary/aromatic N) is 4. The van der Waals surface area contributed by atoms with E-state index in [2.05, 4.69) is 318 Å². The fourth-order valence-electron chi connectivity index (χ4n) is 11.9. The van der Waals surface area contributed by atoms with Gasteiger partial charge in [-0.05, 0) is 145 Å². The van der Waals surface area contributed by atoms with Gasteiger partial charge < -0.3 is 9.47 Å². The summed E-state index contributed by atoms with van der Waals surface area (Å²) >= 11 is 1.26. The van der Waals surface area contributed by atoms with Crippen molar-refractivity contribution in [2.75, 3.05) is 4.90 Å². The summed E-state index contributed by atoms with van der Waals surface area (Å²) in [5, 5.41) is 2.56. The number of fused-ring (bicyclic) bond motifs is 4. The monoisotopic (exact) mass is 1050 g/mol. The van der Waals surface area contributed by atoms with Crippen LogP contribution in [0.15, 0.2) is 267 Å². The summed E-state index contributed by atoms with van der Waals surface area (Å²) in [5.41, 5.74) is 22.1. The van der Waals surface area contributed by atoms with E-state index < -0.39 is 5.41 Å². The Kier molecular flexibility index (Phi) is 12.7. The second-order valence-electron chi connectivity index (χ2n) is 23.2. The lowest BCUT2D eigenvalue weighted by Crippen LogP contribution is -2.30. The third kappa shape index (κ3) is 8.98. The highest BCUT2D eigenvalue weighted by Gasteiger charge is 2.38. The van der Waals surface area contributed by atoms with Crippen molar-refractivity contribution in [2.24, 2.45) is 0 Å². The maximum Gasteiger partial charge on any atom is 0.129 e. The number of benzene rings is 11. The first kappa shape index (κ1) is 50.4. The third-order valence-electron chi connectivity index (χ3n) is 16.2. The zero-order valence-corrected chi connectivity index (χ0v) is 46.9. The van der Waals surface area contributed by atoms with Gasteiger partial charge >= 0.3 is 0 Å². The van der Waals surface area contributed by atoms with Gasteiger partial charge in [0, 0.05) is 33.4 Å². The van der Waals surface area contributed by atoms with E-state index in [0.717, 1.165) is 61.6 Å². The quantitative estimate of drug-likeness (QED) is 0.121. The molecule has 0 saturated heterocycles. The molecule has 11 aromatic carbocycles. The first-order valence-electron chi connectivity index (χ1n) is 27.7. The van der Waals surface area contributed by atoms with Gasteiger partial charge in [-0.1, -0.05) is 236 Å². The minimum Gasteiger partial charge on any atom is -0.309 e. The molecule has 0 saturated carbocycles. The first-order chi connectivity index (χ1) is 38.9. The van der Waals surface area contributed by atoms with Crippen molar-refractivity contribution in [1.29, 1.82) is 0 Å². The summed E-state index contributed by atoms with van der Waals surface area (Å²) in [6.45, 7) is 13.8. The lowest BCUT2D eigenvalue weighted by atomic mass is 9.65. The van der Waals surface area contributed by atoms with Crippen LogP contribution in [0.2, 0.25) is 0 Å². The fourth-order valence-corrected chi connectivity index (χ4v) is 12.5. The maximum absolute atomic E-state index is 5.06. The maximum atomic E-state index is 5.06. The zero-order valence-electron chi connectivity index (χ0n) is 46.1. The van der Waals surface area contributed by atoms with Crippen molar-refractivity contribution < 1.29 is 0 Å². The molecule has 0 N–H and O–H groups in total. The molecule has 0 aliphatic heterocycles. The summed E-state index contributed by atoms with van der Waals surface area (Å²) in [6.07, 6.45) is 0. The molecule has 0 aliphatic rings.